The number of aryl methyl sites for hydroxylation is 2. The van der Waals surface area contributed by atoms with Gasteiger partial charge < -0.3 is 5.32 Å². The molecule has 1 aromatic heterocycles. The van der Waals surface area contributed by atoms with Gasteiger partial charge in [-0.1, -0.05) is 41.0 Å². The predicted molar refractivity (Wildman–Crippen MR) is 129 cm³/mol. The molecule has 0 aliphatic rings. The minimum atomic E-state index is -0.136. The number of hydrogen-bond donors (Lipinski definition) is 1. The number of thioether (sulfide) groups is 1. The zero-order chi connectivity index (χ0) is 21.8. The highest BCUT2D eigenvalue weighted by Gasteiger charge is 2.17. The second kappa shape index (κ2) is 10.0. The van der Waals surface area contributed by atoms with Crippen LogP contribution in [-0.4, -0.2) is 26.4 Å². The molecule has 156 valence electrons. The van der Waals surface area contributed by atoms with Gasteiger partial charge in [0.25, 0.3) is 0 Å². The van der Waals surface area contributed by atoms with E-state index in [4.69, 9.17) is 23.2 Å². The number of nitrogens with one attached hydrogen (secondary N) is 1. The average molecular weight is 526 g/mol. The molecule has 0 spiro atoms. The van der Waals surface area contributed by atoms with Crippen molar-refractivity contribution in [2.45, 2.75) is 25.5 Å². The molecule has 0 aliphatic heterocycles. The number of benzene rings is 2. The maximum atomic E-state index is 12.5. The number of anilines is 1. The Labute approximate surface area is 198 Å². The Balaban J connectivity index is 1.77. The fraction of sp³-hybridized carbons (Fsp3) is 0.190. The summed E-state index contributed by atoms with van der Waals surface area (Å²) in [4.78, 5) is 12.5. The Morgan fingerprint density at radius 2 is 1.97 bits per heavy atom. The van der Waals surface area contributed by atoms with E-state index in [0.29, 0.717) is 33.1 Å². The number of hydrogen-bond acceptors (Lipinski definition) is 4. The Kier molecular flexibility index (Phi) is 7.63. The first-order valence-electron chi connectivity index (χ1n) is 8.99. The zero-order valence-corrected chi connectivity index (χ0v) is 20.3. The van der Waals surface area contributed by atoms with Gasteiger partial charge in [-0.05, 0) is 71.2 Å². The SMILES string of the molecule is C=CCn1c(SCC(=O)Nc2cc(C)c(C)cc2Br)nnc1-c1ccc(Cl)cc1Cl. The minimum absolute atomic E-state index is 0.136. The quantitative estimate of drug-likeness (QED) is 0.280. The molecule has 0 saturated heterocycles. The van der Waals surface area contributed by atoms with Crippen molar-refractivity contribution in [3.05, 3.63) is 68.6 Å². The first kappa shape index (κ1) is 22.9. The van der Waals surface area contributed by atoms with Crippen molar-refractivity contribution in [1.82, 2.24) is 14.8 Å². The van der Waals surface area contributed by atoms with Gasteiger partial charge in [0.1, 0.15) is 0 Å². The van der Waals surface area contributed by atoms with Gasteiger partial charge in [0.15, 0.2) is 11.0 Å². The molecule has 0 radical (unpaired) electrons. The van der Waals surface area contributed by atoms with Gasteiger partial charge >= 0.3 is 0 Å². The van der Waals surface area contributed by atoms with Crippen molar-refractivity contribution in [3.8, 4) is 11.4 Å². The van der Waals surface area contributed by atoms with E-state index < -0.39 is 0 Å². The second-order valence-corrected chi connectivity index (χ2v) is 9.22. The molecule has 9 heteroatoms. The summed E-state index contributed by atoms with van der Waals surface area (Å²) in [6.07, 6.45) is 1.74. The standard InChI is InChI=1S/C21H19BrCl2N4OS/c1-4-7-28-20(15-6-5-14(23)10-17(15)24)26-27-21(28)30-11-19(29)25-18-9-13(3)12(2)8-16(18)22/h4-6,8-10H,1,7,11H2,2-3H3,(H,25,29). The third-order valence-electron chi connectivity index (χ3n) is 4.39. The molecule has 1 heterocycles. The van der Waals surface area contributed by atoms with Crippen LogP contribution in [0.5, 0.6) is 0 Å². The number of halogens is 3. The largest absolute Gasteiger partial charge is 0.324 e. The fourth-order valence-corrected chi connectivity index (χ4v) is 4.55. The third-order valence-corrected chi connectivity index (χ3v) is 6.56. The first-order valence-corrected chi connectivity index (χ1v) is 11.5. The molecule has 0 bridgehead atoms. The molecule has 1 N–H and O–H groups in total. The van der Waals surface area contributed by atoms with E-state index in [1.165, 1.54) is 11.8 Å². The monoisotopic (exact) mass is 524 g/mol. The lowest BCUT2D eigenvalue weighted by Crippen LogP contribution is -2.15. The number of aromatic nitrogens is 3. The maximum Gasteiger partial charge on any atom is 0.234 e. The summed E-state index contributed by atoms with van der Waals surface area (Å²) in [5.41, 5.74) is 3.72. The van der Waals surface area contributed by atoms with Crippen LogP contribution in [-0.2, 0) is 11.3 Å². The van der Waals surface area contributed by atoms with Crippen LogP contribution in [0.3, 0.4) is 0 Å². The second-order valence-electron chi connectivity index (χ2n) is 6.58. The van der Waals surface area contributed by atoms with Crippen molar-refractivity contribution in [2.75, 3.05) is 11.1 Å². The molecule has 3 aromatic rings. The number of carbonyl (C=O) groups is 1. The Bertz CT molecular complexity index is 1120. The van der Waals surface area contributed by atoms with Gasteiger partial charge in [-0.15, -0.1) is 16.8 Å². The van der Waals surface area contributed by atoms with Crippen molar-refractivity contribution in [3.63, 3.8) is 0 Å². The van der Waals surface area contributed by atoms with Gasteiger partial charge in [-0.3, -0.25) is 9.36 Å². The first-order chi connectivity index (χ1) is 14.3. The van der Waals surface area contributed by atoms with Crippen LogP contribution in [0.15, 0.2) is 52.6 Å². The van der Waals surface area contributed by atoms with Crippen LogP contribution >= 0.6 is 50.9 Å². The number of amides is 1. The molecule has 30 heavy (non-hydrogen) atoms. The molecular weight excluding hydrogens is 507 g/mol. The Morgan fingerprint density at radius 3 is 2.67 bits per heavy atom. The number of rotatable bonds is 7. The lowest BCUT2D eigenvalue weighted by atomic mass is 10.1. The average Bonchev–Trinajstić information content (AvgIpc) is 3.07. The van der Waals surface area contributed by atoms with E-state index in [1.54, 1.807) is 24.3 Å². The molecule has 0 saturated carbocycles. The zero-order valence-electron chi connectivity index (χ0n) is 16.4. The Hall–Kier alpha value is -1.80. The lowest BCUT2D eigenvalue weighted by Gasteiger charge is -2.11. The van der Waals surface area contributed by atoms with Crippen molar-refractivity contribution in [1.29, 1.82) is 0 Å². The molecule has 5 nitrogen and oxygen atoms in total. The molecule has 0 aliphatic carbocycles. The predicted octanol–water partition coefficient (Wildman–Crippen LogP) is 6.55. The third kappa shape index (κ3) is 5.27. The topological polar surface area (TPSA) is 59.8 Å². The molecule has 0 fully saturated rings. The summed E-state index contributed by atoms with van der Waals surface area (Å²) < 4.78 is 2.71. The van der Waals surface area contributed by atoms with E-state index in [1.807, 2.05) is 30.5 Å². The molecule has 0 unspecified atom stereocenters. The van der Waals surface area contributed by atoms with E-state index in [2.05, 4.69) is 38.0 Å². The summed E-state index contributed by atoms with van der Waals surface area (Å²) in [6.45, 7) is 8.31. The van der Waals surface area contributed by atoms with E-state index in [9.17, 15) is 4.79 Å². The van der Waals surface area contributed by atoms with Crippen molar-refractivity contribution >= 4 is 62.5 Å². The summed E-state index contributed by atoms with van der Waals surface area (Å²) in [5.74, 6) is 0.641. The van der Waals surface area contributed by atoms with Crippen LogP contribution < -0.4 is 5.32 Å². The molecule has 0 atom stereocenters. The Morgan fingerprint density at radius 1 is 1.23 bits per heavy atom. The van der Waals surface area contributed by atoms with Crippen LogP contribution in [0.1, 0.15) is 11.1 Å². The van der Waals surface area contributed by atoms with Gasteiger partial charge in [-0.25, -0.2) is 0 Å². The molecule has 1 amide bonds. The van der Waals surface area contributed by atoms with Crippen LogP contribution in [0.25, 0.3) is 11.4 Å². The van der Waals surface area contributed by atoms with Crippen molar-refractivity contribution in [2.24, 2.45) is 0 Å². The van der Waals surface area contributed by atoms with E-state index in [-0.39, 0.29) is 11.7 Å². The summed E-state index contributed by atoms with van der Waals surface area (Å²) in [7, 11) is 0. The van der Waals surface area contributed by atoms with Gasteiger partial charge in [0, 0.05) is 21.6 Å². The van der Waals surface area contributed by atoms with Crippen LogP contribution in [0.4, 0.5) is 5.69 Å². The number of allylic oxidation sites excluding steroid dienone is 1. The van der Waals surface area contributed by atoms with Crippen molar-refractivity contribution < 1.29 is 4.79 Å². The van der Waals surface area contributed by atoms with Crippen LogP contribution in [0, 0.1) is 13.8 Å². The van der Waals surface area contributed by atoms with E-state index >= 15 is 0 Å². The summed E-state index contributed by atoms with van der Waals surface area (Å²) in [6, 6.07) is 9.14. The maximum absolute atomic E-state index is 12.5. The van der Waals surface area contributed by atoms with Crippen LogP contribution in [0.2, 0.25) is 10.0 Å². The number of carbonyl (C=O) groups excluding carboxylic acids is 1. The molecule has 2 aromatic carbocycles. The van der Waals surface area contributed by atoms with Gasteiger partial charge in [0.2, 0.25) is 5.91 Å². The number of nitrogens with zero attached hydrogens (tertiary/aromatic N) is 3. The van der Waals surface area contributed by atoms with Gasteiger partial charge in [0.05, 0.1) is 16.5 Å². The summed E-state index contributed by atoms with van der Waals surface area (Å²) >= 11 is 17.1. The van der Waals surface area contributed by atoms with Gasteiger partial charge in [-0.2, -0.15) is 0 Å². The fourth-order valence-electron chi connectivity index (χ4n) is 2.75. The smallest absolute Gasteiger partial charge is 0.234 e. The highest BCUT2D eigenvalue weighted by molar-refractivity contribution is 9.10. The molecular formula is C21H19BrCl2N4OS. The highest BCUT2D eigenvalue weighted by Crippen LogP contribution is 2.32. The van der Waals surface area contributed by atoms with E-state index in [0.717, 1.165) is 21.3 Å². The minimum Gasteiger partial charge on any atom is -0.324 e. The summed E-state index contributed by atoms with van der Waals surface area (Å²) in [5, 5.41) is 13.1. The highest BCUT2D eigenvalue weighted by atomic mass is 79.9. The normalized spacial score (nSPS) is 10.8. The molecule has 3 rings (SSSR count). The lowest BCUT2D eigenvalue weighted by molar-refractivity contribution is -0.113.